The number of carbonyl (C=O) groups is 4. The summed E-state index contributed by atoms with van der Waals surface area (Å²) < 4.78 is 10.6. The number of alkyl halides is 2. The van der Waals surface area contributed by atoms with E-state index >= 15 is 0 Å². The van der Waals surface area contributed by atoms with Gasteiger partial charge in [0.05, 0.1) is 26.1 Å². The molecule has 2 aliphatic heterocycles. The van der Waals surface area contributed by atoms with E-state index in [1.54, 1.807) is 0 Å². The number of nitrogens with zero attached hydrogens (tertiary/aromatic N) is 1. The molecule has 0 radical (unpaired) electrons. The fourth-order valence-electron chi connectivity index (χ4n) is 6.11. The summed E-state index contributed by atoms with van der Waals surface area (Å²) in [7, 11) is 4.04. The maximum atomic E-state index is 13.5. The highest BCUT2D eigenvalue weighted by Crippen LogP contribution is 2.65. The standard InChI is InChI=1S/C23H22Cl2N2O7/c1-27-20(31)22(24)8-12-10(4-5-11-15(12)19(30)26-18(11)29)16(23(22,25)21(27)32)9-6-13(33-2)17(28)14(7-9)34-3/h4,6-7,11-12,15-16,28H,5,8H2,1-3H3,(H,26,29,30). The SMILES string of the molecule is COc1cc(C2C3=CCC4C(=O)NC(=O)C4C3CC3(Cl)C(=O)N(C)C(=O)C23Cl)cc(OC)c1O. The van der Waals surface area contributed by atoms with Crippen molar-refractivity contribution >= 4 is 46.8 Å². The minimum absolute atomic E-state index is 0.0742. The van der Waals surface area contributed by atoms with Crippen molar-refractivity contribution < 1.29 is 33.8 Å². The summed E-state index contributed by atoms with van der Waals surface area (Å²) in [5.41, 5.74) is 1.06. The molecule has 4 aliphatic rings. The predicted molar refractivity (Wildman–Crippen MR) is 120 cm³/mol. The zero-order valence-electron chi connectivity index (χ0n) is 18.6. The van der Waals surface area contributed by atoms with E-state index in [9.17, 15) is 24.3 Å². The van der Waals surface area contributed by atoms with E-state index in [1.165, 1.54) is 33.4 Å². The van der Waals surface area contributed by atoms with Gasteiger partial charge in [-0.3, -0.25) is 29.4 Å². The molecule has 0 aromatic heterocycles. The summed E-state index contributed by atoms with van der Waals surface area (Å²) in [5, 5.41) is 12.8. The van der Waals surface area contributed by atoms with Crippen LogP contribution in [0.25, 0.3) is 0 Å². The molecule has 1 aromatic carbocycles. The minimum atomic E-state index is -1.92. The van der Waals surface area contributed by atoms with Gasteiger partial charge in [0.25, 0.3) is 11.8 Å². The highest BCUT2D eigenvalue weighted by molar-refractivity contribution is 6.53. The van der Waals surface area contributed by atoms with Crippen LogP contribution in [0.15, 0.2) is 23.8 Å². The summed E-state index contributed by atoms with van der Waals surface area (Å²) in [5.74, 6) is -5.11. The lowest BCUT2D eigenvalue weighted by atomic mass is 9.56. The molecule has 2 aliphatic carbocycles. The first-order valence-corrected chi connectivity index (χ1v) is 11.5. The van der Waals surface area contributed by atoms with Gasteiger partial charge in [-0.05, 0) is 36.5 Å². The number of allylic oxidation sites excluding steroid dienone is 2. The van der Waals surface area contributed by atoms with Crippen molar-refractivity contribution in [3.05, 3.63) is 29.3 Å². The molecule has 4 amide bonds. The van der Waals surface area contributed by atoms with Crippen LogP contribution in [-0.2, 0) is 19.2 Å². The van der Waals surface area contributed by atoms with E-state index < -0.39 is 51.1 Å². The summed E-state index contributed by atoms with van der Waals surface area (Å²) in [6.07, 6.45) is 2.01. The summed E-state index contributed by atoms with van der Waals surface area (Å²) in [6, 6.07) is 3.02. The Morgan fingerprint density at radius 1 is 1.03 bits per heavy atom. The average Bonchev–Trinajstić information content (AvgIpc) is 3.17. The van der Waals surface area contributed by atoms with Crippen LogP contribution in [-0.4, -0.2) is 64.7 Å². The van der Waals surface area contributed by atoms with E-state index in [2.05, 4.69) is 5.32 Å². The van der Waals surface area contributed by atoms with Gasteiger partial charge < -0.3 is 14.6 Å². The van der Waals surface area contributed by atoms with E-state index in [0.29, 0.717) is 11.1 Å². The quantitative estimate of drug-likeness (QED) is 0.361. The number of methoxy groups -OCH3 is 2. The van der Waals surface area contributed by atoms with Crippen molar-refractivity contribution in [2.45, 2.75) is 28.5 Å². The second-order valence-corrected chi connectivity index (χ2v) is 10.4. The molecule has 0 bridgehead atoms. The molecule has 180 valence electrons. The summed E-state index contributed by atoms with van der Waals surface area (Å²) in [6.45, 7) is 0. The molecule has 2 N–H and O–H groups in total. The number of phenols is 1. The van der Waals surface area contributed by atoms with Crippen LogP contribution in [0.4, 0.5) is 0 Å². The maximum absolute atomic E-state index is 13.5. The van der Waals surface area contributed by atoms with Crippen molar-refractivity contribution in [3.63, 3.8) is 0 Å². The largest absolute Gasteiger partial charge is 0.502 e. The summed E-state index contributed by atoms with van der Waals surface area (Å²) in [4.78, 5) is 49.0. The van der Waals surface area contributed by atoms with Gasteiger partial charge in [-0.15, -0.1) is 23.2 Å². The van der Waals surface area contributed by atoms with Gasteiger partial charge in [0, 0.05) is 13.0 Å². The Kier molecular flexibility index (Phi) is 4.97. The predicted octanol–water partition coefficient (Wildman–Crippen LogP) is 1.69. The number of nitrogens with one attached hydrogen (secondary N) is 1. The van der Waals surface area contributed by atoms with Crippen LogP contribution in [0.5, 0.6) is 17.2 Å². The molecular formula is C23H22Cl2N2O7. The van der Waals surface area contributed by atoms with Crippen molar-refractivity contribution in [2.24, 2.45) is 17.8 Å². The Morgan fingerprint density at radius 2 is 1.65 bits per heavy atom. The Morgan fingerprint density at radius 3 is 2.24 bits per heavy atom. The van der Waals surface area contributed by atoms with Crippen LogP contribution < -0.4 is 14.8 Å². The van der Waals surface area contributed by atoms with Gasteiger partial charge in [0.15, 0.2) is 21.2 Å². The number of amides is 4. The number of likely N-dealkylation sites (tertiary alicyclic amines) is 1. The molecule has 3 fully saturated rings. The molecule has 34 heavy (non-hydrogen) atoms. The molecule has 6 unspecified atom stereocenters. The van der Waals surface area contributed by atoms with E-state index in [0.717, 1.165) is 4.90 Å². The second kappa shape index (κ2) is 7.36. The van der Waals surface area contributed by atoms with Crippen LogP contribution >= 0.6 is 23.2 Å². The van der Waals surface area contributed by atoms with Gasteiger partial charge in [0.1, 0.15) is 0 Å². The first kappa shape index (κ1) is 23.0. The van der Waals surface area contributed by atoms with Crippen molar-refractivity contribution in [2.75, 3.05) is 21.3 Å². The topological polar surface area (TPSA) is 122 Å². The number of halogens is 2. The average molecular weight is 509 g/mol. The van der Waals surface area contributed by atoms with Crippen LogP contribution in [0, 0.1) is 17.8 Å². The molecule has 1 aromatic rings. The lowest BCUT2D eigenvalue weighted by Crippen LogP contribution is -2.60. The monoisotopic (exact) mass is 508 g/mol. The van der Waals surface area contributed by atoms with Crippen molar-refractivity contribution in [3.8, 4) is 17.2 Å². The van der Waals surface area contributed by atoms with Crippen LogP contribution in [0.1, 0.15) is 24.3 Å². The van der Waals surface area contributed by atoms with Crippen molar-refractivity contribution in [1.29, 1.82) is 0 Å². The number of carbonyl (C=O) groups excluding carboxylic acids is 4. The molecule has 2 saturated heterocycles. The van der Waals surface area contributed by atoms with Gasteiger partial charge in [-0.2, -0.15) is 0 Å². The van der Waals surface area contributed by atoms with E-state index in [-0.39, 0.29) is 36.0 Å². The highest BCUT2D eigenvalue weighted by Gasteiger charge is 2.75. The molecule has 1 saturated carbocycles. The fraction of sp³-hybridized carbons (Fsp3) is 0.478. The normalized spacial score (nSPS) is 36.5. The fourth-order valence-corrected chi connectivity index (χ4v) is 7.13. The highest BCUT2D eigenvalue weighted by atomic mass is 35.5. The lowest BCUT2D eigenvalue weighted by Gasteiger charge is -2.50. The first-order valence-electron chi connectivity index (χ1n) is 10.7. The van der Waals surface area contributed by atoms with Crippen molar-refractivity contribution in [1.82, 2.24) is 10.2 Å². The number of imide groups is 2. The zero-order valence-corrected chi connectivity index (χ0v) is 20.1. The number of hydrogen-bond acceptors (Lipinski definition) is 7. The molecular weight excluding hydrogens is 487 g/mol. The number of phenolic OH excluding ortho intramolecular Hbond substituents is 1. The minimum Gasteiger partial charge on any atom is -0.502 e. The number of ether oxygens (including phenoxy) is 2. The molecule has 0 spiro atoms. The molecule has 9 nitrogen and oxygen atoms in total. The zero-order chi connectivity index (χ0) is 24.7. The number of rotatable bonds is 3. The maximum Gasteiger partial charge on any atom is 0.253 e. The lowest BCUT2D eigenvalue weighted by molar-refractivity contribution is -0.138. The third-order valence-electron chi connectivity index (χ3n) is 7.69. The number of hydrogen-bond donors (Lipinski definition) is 2. The Hall–Kier alpha value is -2.78. The van der Waals surface area contributed by atoms with E-state index in [1.807, 2.05) is 6.08 Å². The molecule has 6 atom stereocenters. The number of fused-ring (bicyclic) bond motifs is 4. The smallest absolute Gasteiger partial charge is 0.253 e. The Bertz CT molecular complexity index is 1170. The third-order valence-corrected chi connectivity index (χ3v) is 9.11. The third kappa shape index (κ3) is 2.62. The van der Waals surface area contributed by atoms with Gasteiger partial charge in [-0.1, -0.05) is 11.6 Å². The van der Waals surface area contributed by atoms with Gasteiger partial charge in [0.2, 0.25) is 17.6 Å². The van der Waals surface area contributed by atoms with E-state index in [4.69, 9.17) is 32.7 Å². The van der Waals surface area contributed by atoms with Gasteiger partial charge in [-0.25, -0.2) is 0 Å². The Labute approximate surface area is 205 Å². The first-order chi connectivity index (χ1) is 16.0. The number of aromatic hydroxyl groups is 1. The Balaban J connectivity index is 1.78. The van der Waals surface area contributed by atoms with Gasteiger partial charge >= 0.3 is 0 Å². The molecule has 11 heteroatoms. The van der Waals surface area contributed by atoms with Crippen LogP contribution in [0.2, 0.25) is 0 Å². The van der Waals surface area contributed by atoms with Crippen LogP contribution in [0.3, 0.4) is 0 Å². The second-order valence-electron chi connectivity index (χ2n) is 9.13. The summed E-state index contributed by atoms with van der Waals surface area (Å²) >= 11 is 14.1. The molecule has 5 rings (SSSR count). The number of benzene rings is 1. The molecule has 2 heterocycles.